The number of hydrogen-bond acceptors (Lipinski definition) is 2. The van der Waals surface area contributed by atoms with E-state index in [1.165, 1.54) is 0 Å². The van der Waals surface area contributed by atoms with E-state index in [4.69, 9.17) is 11.6 Å². The molecule has 0 spiro atoms. The fourth-order valence-electron chi connectivity index (χ4n) is 3.22. The van der Waals surface area contributed by atoms with Crippen LogP contribution in [0.3, 0.4) is 0 Å². The summed E-state index contributed by atoms with van der Waals surface area (Å²) in [7, 11) is 1.98. The zero-order valence-corrected chi connectivity index (χ0v) is 13.8. The summed E-state index contributed by atoms with van der Waals surface area (Å²) in [5.74, 6) is 0.305. The highest BCUT2D eigenvalue weighted by molar-refractivity contribution is 6.30. The third-order valence-electron chi connectivity index (χ3n) is 4.67. The van der Waals surface area contributed by atoms with Crippen molar-refractivity contribution < 1.29 is 4.79 Å². The summed E-state index contributed by atoms with van der Waals surface area (Å²) in [5.41, 5.74) is 0.860. The number of likely N-dealkylation sites (tertiary alicyclic amines) is 1. The minimum Gasteiger partial charge on any atom is -0.340 e. The largest absolute Gasteiger partial charge is 0.340 e. The minimum absolute atomic E-state index is 0. The van der Waals surface area contributed by atoms with Gasteiger partial charge in [-0.15, -0.1) is 12.4 Å². The van der Waals surface area contributed by atoms with Gasteiger partial charge in [-0.05, 0) is 50.4 Å². The van der Waals surface area contributed by atoms with Crippen LogP contribution in [0.4, 0.5) is 0 Å². The number of halogens is 2. The molecule has 1 saturated heterocycles. The number of carbonyl (C=O) groups excluding carboxylic acids is 1. The molecule has 21 heavy (non-hydrogen) atoms. The Balaban J connectivity index is 0.00000161. The van der Waals surface area contributed by atoms with E-state index in [2.05, 4.69) is 5.32 Å². The average molecular weight is 329 g/mol. The summed E-state index contributed by atoms with van der Waals surface area (Å²) in [6, 6.07) is 8.22. The first-order valence-corrected chi connectivity index (χ1v) is 7.76. The van der Waals surface area contributed by atoms with Crippen molar-refractivity contribution in [1.82, 2.24) is 10.2 Å². The van der Waals surface area contributed by atoms with Gasteiger partial charge < -0.3 is 10.2 Å². The third kappa shape index (κ3) is 3.20. The van der Waals surface area contributed by atoms with Crippen LogP contribution in [-0.4, -0.2) is 37.0 Å². The van der Waals surface area contributed by atoms with E-state index in [0.717, 1.165) is 49.4 Å². The number of rotatable bonds is 3. The fraction of sp³-hybridized carbons (Fsp3) is 0.562. The molecule has 2 aliphatic rings. The van der Waals surface area contributed by atoms with E-state index >= 15 is 0 Å². The Morgan fingerprint density at radius 3 is 2.57 bits per heavy atom. The van der Waals surface area contributed by atoms with Gasteiger partial charge in [-0.3, -0.25) is 4.79 Å². The second-order valence-electron chi connectivity index (χ2n) is 5.97. The van der Waals surface area contributed by atoms with E-state index in [0.29, 0.717) is 11.9 Å². The zero-order chi connectivity index (χ0) is 14.2. The molecule has 0 aromatic heterocycles. The van der Waals surface area contributed by atoms with Gasteiger partial charge in [0.05, 0.1) is 5.41 Å². The molecular formula is C16H22Cl2N2O. The van der Waals surface area contributed by atoms with Gasteiger partial charge in [0.15, 0.2) is 0 Å². The summed E-state index contributed by atoms with van der Waals surface area (Å²) >= 11 is 5.94. The molecular weight excluding hydrogens is 307 g/mol. The second kappa shape index (κ2) is 6.55. The van der Waals surface area contributed by atoms with Gasteiger partial charge in [-0.2, -0.15) is 0 Å². The molecule has 1 aromatic rings. The summed E-state index contributed by atoms with van der Waals surface area (Å²) in [5, 5.41) is 4.02. The molecule has 1 amide bonds. The lowest BCUT2D eigenvalue weighted by atomic mass is 9.93. The van der Waals surface area contributed by atoms with Crippen LogP contribution in [-0.2, 0) is 10.2 Å². The SMILES string of the molecule is CNC1CCCN(C(=O)C2(c3ccc(Cl)cc3)CC2)C1.Cl. The van der Waals surface area contributed by atoms with Crippen molar-refractivity contribution >= 4 is 29.9 Å². The van der Waals surface area contributed by atoms with Crippen molar-refractivity contribution in [3.8, 4) is 0 Å². The number of nitrogens with zero attached hydrogens (tertiary/aromatic N) is 1. The van der Waals surface area contributed by atoms with Crippen molar-refractivity contribution in [3.05, 3.63) is 34.9 Å². The lowest BCUT2D eigenvalue weighted by Gasteiger charge is -2.35. The molecule has 1 heterocycles. The minimum atomic E-state index is -0.264. The Bertz CT molecular complexity index is 500. The standard InChI is InChI=1S/C16H21ClN2O.ClH/c1-18-14-3-2-10-19(11-14)15(20)16(8-9-16)12-4-6-13(17)7-5-12;/h4-7,14,18H,2-3,8-11H2,1H3;1H. The second-order valence-corrected chi connectivity index (χ2v) is 6.40. The molecule has 1 atom stereocenters. The summed E-state index contributed by atoms with van der Waals surface area (Å²) in [6.07, 6.45) is 4.19. The summed E-state index contributed by atoms with van der Waals surface area (Å²) in [4.78, 5) is 14.9. The molecule has 1 aromatic carbocycles. The van der Waals surface area contributed by atoms with Crippen LogP contribution in [0.25, 0.3) is 0 Å². The molecule has 1 aliphatic heterocycles. The Labute approximate surface area is 137 Å². The van der Waals surface area contributed by atoms with Crippen LogP contribution in [0.1, 0.15) is 31.2 Å². The zero-order valence-electron chi connectivity index (χ0n) is 12.3. The maximum Gasteiger partial charge on any atom is 0.233 e. The first kappa shape index (κ1) is 16.6. The highest BCUT2D eigenvalue weighted by atomic mass is 35.5. The van der Waals surface area contributed by atoms with Gasteiger partial charge in [-0.1, -0.05) is 23.7 Å². The third-order valence-corrected chi connectivity index (χ3v) is 4.93. The van der Waals surface area contributed by atoms with Gasteiger partial charge in [0.1, 0.15) is 0 Å². The highest BCUT2D eigenvalue weighted by Crippen LogP contribution is 2.50. The average Bonchev–Trinajstić information content (AvgIpc) is 3.29. The molecule has 1 N–H and O–H groups in total. The molecule has 5 heteroatoms. The van der Waals surface area contributed by atoms with Gasteiger partial charge in [0.25, 0.3) is 0 Å². The number of likely N-dealkylation sites (N-methyl/N-ethyl adjacent to an activating group) is 1. The van der Waals surface area contributed by atoms with Crippen molar-refractivity contribution in [2.45, 2.75) is 37.1 Å². The van der Waals surface area contributed by atoms with E-state index < -0.39 is 0 Å². The Morgan fingerprint density at radius 2 is 2.00 bits per heavy atom. The molecule has 3 rings (SSSR count). The van der Waals surface area contributed by atoms with E-state index in [-0.39, 0.29) is 17.8 Å². The molecule has 2 fully saturated rings. The van der Waals surface area contributed by atoms with E-state index in [1.807, 2.05) is 36.2 Å². The van der Waals surface area contributed by atoms with Gasteiger partial charge in [0, 0.05) is 24.2 Å². The maximum absolute atomic E-state index is 12.9. The normalized spacial score (nSPS) is 23.3. The molecule has 1 saturated carbocycles. The number of carbonyl (C=O) groups is 1. The topological polar surface area (TPSA) is 32.3 Å². The molecule has 1 unspecified atom stereocenters. The Kier molecular flexibility index (Phi) is 5.18. The first-order chi connectivity index (χ1) is 9.65. The maximum atomic E-state index is 12.9. The number of nitrogens with one attached hydrogen (secondary N) is 1. The van der Waals surface area contributed by atoms with Crippen molar-refractivity contribution in [3.63, 3.8) is 0 Å². The quantitative estimate of drug-likeness (QED) is 0.925. The van der Waals surface area contributed by atoms with Gasteiger partial charge in [0.2, 0.25) is 5.91 Å². The predicted molar refractivity (Wildman–Crippen MR) is 88.3 cm³/mol. The molecule has 1 aliphatic carbocycles. The smallest absolute Gasteiger partial charge is 0.233 e. The Morgan fingerprint density at radius 1 is 1.33 bits per heavy atom. The number of amides is 1. The van der Waals surface area contributed by atoms with Crippen LogP contribution in [0.2, 0.25) is 5.02 Å². The number of piperidine rings is 1. The van der Waals surface area contributed by atoms with Crippen molar-refractivity contribution in [1.29, 1.82) is 0 Å². The van der Waals surface area contributed by atoms with Gasteiger partial charge >= 0.3 is 0 Å². The molecule has 0 bridgehead atoms. The monoisotopic (exact) mass is 328 g/mol. The Hall–Kier alpha value is -0.770. The van der Waals surface area contributed by atoms with E-state index in [9.17, 15) is 4.79 Å². The van der Waals surface area contributed by atoms with Crippen LogP contribution in [0.5, 0.6) is 0 Å². The van der Waals surface area contributed by atoms with Crippen molar-refractivity contribution in [2.24, 2.45) is 0 Å². The molecule has 0 radical (unpaired) electrons. The van der Waals surface area contributed by atoms with Crippen LogP contribution < -0.4 is 5.32 Å². The number of benzene rings is 1. The lowest BCUT2D eigenvalue weighted by Crippen LogP contribution is -2.50. The highest BCUT2D eigenvalue weighted by Gasteiger charge is 2.53. The van der Waals surface area contributed by atoms with Crippen LogP contribution >= 0.6 is 24.0 Å². The predicted octanol–water partition coefficient (Wildman–Crippen LogP) is 3.00. The summed E-state index contributed by atoms with van der Waals surface area (Å²) < 4.78 is 0. The molecule has 3 nitrogen and oxygen atoms in total. The first-order valence-electron chi connectivity index (χ1n) is 7.38. The number of hydrogen-bond donors (Lipinski definition) is 1. The van der Waals surface area contributed by atoms with E-state index in [1.54, 1.807) is 0 Å². The summed E-state index contributed by atoms with van der Waals surface area (Å²) in [6.45, 7) is 1.73. The van der Waals surface area contributed by atoms with Gasteiger partial charge in [-0.25, -0.2) is 0 Å². The molecule has 116 valence electrons. The van der Waals surface area contributed by atoms with Crippen LogP contribution in [0, 0.1) is 0 Å². The van der Waals surface area contributed by atoms with Crippen LogP contribution in [0.15, 0.2) is 24.3 Å². The lowest BCUT2D eigenvalue weighted by molar-refractivity contribution is -0.135. The van der Waals surface area contributed by atoms with Crippen molar-refractivity contribution in [2.75, 3.05) is 20.1 Å². The fourth-order valence-corrected chi connectivity index (χ4v) is 3.35.